The maximum Gasteiger partial charge on any atom is 0.237 e. The number of unbranched alkanes of at least 4 members (excludes halogenated alkanes) is 2. The lowest BCUT2D eigenvalue weighted by Gasteiger charge is -2.38. The molecule has 16 heavy (non-hydrogen) atoms. The van der Waals surface area contributed by atoms with Crippen LogP contribution < -0.4 is 5.43 Å². The van der Waals surface area contributed by atoms with Crippen LogP contribution in [-0.2, 0) is 4.79 Å². The van der Waals surface area contributed by atoms with Gasteiger partial charge in [-0.25, -0.2) is 5.43 Å². The van der Waals surface area contributed by atoms with Crippen molar-refractivity contribution in [2.75, 3.05) is 7.05 Å². The van der Waals surface area contributed by atoms with Crippen molar-refractivity contribution in [3.8, 4) is 0 Å². The van der Waals surface area contributed by atoms with Crippen molar-refractivity contribution in [1.82, 2.24) is 10.4 Å². The first-order valence-corrected chi connectivity index (χ1v) is 6.50. The highest BCUT2D eigenvalue weighted by Crippen LogP contribution is 2.21. The Morgan fingerprint density at radius 3 is 2.19 bits per heavy atom. The third kappa shape index (κ3) is 4.97. The van der Waals surface area contributed by atoms with Crippen molar-refractivity contribution in [3.63, 3.8) is 0 Å². The van der Waals surface area contributed by atoms with E-state index in [2.05, 4.69) is 33.1 Å². The van der Waals surface area contributed by atoms with Crippen molar-refractivity contribution in [3.05, 3.63) is 0 Å². The molecule has 0 fully saturated rings. The third-order valence-electron chi connectivity index (χ3n) is 2.96. The van der Waals surface area contributed by atoms with Crippen molar-refractivity contribution in [1.29, 1.82) is 0 Å². The lowest BCUT2D eigenvalue weighted by atomic mass is 9.96. The molecule has 0 atom stereocenters. The van der Waals surface area contributed by atoms with Gasteiger partial charge in [0.1, 0.15) is 0 Å². The summed E-state index contributed by atoms with van der Waals surface area (Å²) in [6, 6.07) is 0. The van der Waals surface area contributed by atoms with Crippen molar-refractivity contribution < 1.29 is 4.79 Å². The van der Waals surface area contributed by atoms with Gasteiger partial charge < -0.3 is 0 Å². The summed E-state index contributed by atoms with van der Waals surface area (Å²) in [6.07, 6.45) is 6.06. The van der Waals surface area contributed by atoms with Gasteiger partial charge in [-0.05, 0) is 26.7 Å². The van der Waals surface area contributed by atoms with E-state index < -0.39 is 0 Å². The molecule has 96 valence electrons. The Morgan fingerprint density at radius 2 is 1.75 bits per heavy atom. The van der Waals surface area contributed by atoms with Gasteiger partial charge in [0.25, 0.3) is 0 Å². The second-order valence-electron chi connectivity index (χ2n) is 4.97. The van der Waals surface area contributed by atoms with E-state index >= 15 is 0 Å². The SMILES string of the molecule is CCCCC(=O)N(NC)C(C)(C)CCCC. The van der Waals surface area contributed by atoms with E-state index in [9.17, 15) is 4.79 Å². The number of nitrogens with one attached hydrogen (secondary N) is 1. The largest absolute Gasteiger partial charge is 0.273 e. The van der Waals surface area contributed by atoms with Gasteiger partial charge >= 0.3 is 0 Å². The average Bonchev–Trinajstić information content (AvgIpc) is 2.24. The van der Waals surface area contributed by atoms with Crippen LogP contribution in [0.2, 0.25) is 0 Å². The number of nitrogens with zero attached hydrogens (tertiary/aromatic N) is 1. The van der Waals surface area contributed by atoms with Crippen LogP contribution in [0.15, 0.2) is 0 Å². The molecule has 0 unspecified atom stereocenters. The fraction of sp³-hybridized carbons (Fsp3) is 0.923. The van der Waals surface area contributed by atoms with E-state index in [1.54, 1.807) is 5.01 Å². The van der Waals surface area contributed by atoms with Crippen molar-refractivity contribution in [2.24, 2.45) is 0 Å². The molecule has 1 amide bonds. The highest BCUT2D eigenvalue weighted by atomic mass is 16.2. The lowest BCUT2D eigenvalue weighted by Crippen LogP contribution is -2.54. The molecule has 0 aromatic heterocycles. The molecule has 0 radical (unpaired) electrons. The Hall–Kier alpha value is -0.570. The maximum atomic E-state index is 12.0. The fourth-order valence-electron chi connectivity index (χ4n) is 1.93. The van der Waals surface area contributed by atoms with E-state index in [-0.39, 0.29) is 11.4 Å². The first kappa shape index (κ1) is 15.4. The highest BCUT2D eigenvalue weighted by molar-refractivity contribution is 5.76. The number of carbonyl (C=O) groups is 1. The normalized spacial score (nSPS) is 11.6. The Labute approximate surface area is 101 Å². The highest BCUT2D eigenvalue weighted by Gasteiger charge is 2.28. The van der Waals surface area contributed by atoms with Crippen LogP contribution in [0.5, 0.6) is 0 Å². The summed E-state index contributed by atoms with van der Waals surface area (Å²) in [4.78, 5) is 12.0. The van der Waals surface area contributed by atoms with Crippen LogP contribution in [0.25, 0.3) is 0 Å². The maximum absolute atomic E-state index is 12.0. The van der Waals surface area contributed by atoms with Gasteiger partial charge in [-0.15, -0.1) is 0 Å². The fourth-order valence-corrected chi connectivity index (χ4v) is 1.93. The quantitative estimate of drug-likeness (QED) is 0.647. The van der Waals surface area contributed by atoms with Crippen LogP contribution >= 0.6 is 0 Å². The first-order valence-electron chi connectivity index (χ1n) is 6.50. The molecule has 0 aliphatic rings. The minimum atomic E-state index is -0.0877. The summed E-state index contributed by atoms with van der Waals surface area (Å²) >= 11 is 0. The van der Waals surface area contributed by atoms with Gasteiger partial charge in [0.2, 0.25) is 5.91 Å². The molecule has 0 heterocycles. The second kappa shape index (κ2) is 7.66. The van der Waals surface area contributed by atoms with Crippen LogP contribution in [0.1, 0.15) is 66.2 Å². The number of rotatable bonds is 8. The topological polar surface area (TPSA) is 32.3 Å². The predicted octanol–water partition coefficient (Wildman–Crippen LogP) is 3.11. The van der Waals surface area contributed by atoms with Crippen molar-refractivity contribution >= 4 is 5.91 Å². The van der Waals surface area contributed by atoms with Crippen LogP contribution in [0.4, 0.5) is 0 Å². The molecule has 0 bridgehead atoms. The van der Waals surface area contributed by atoms with Crippen LogP contribution in [0.3, 0.4) is 0 Å². The second-order valence-corrected chi connectivity index (χ2v) is 4.97. The zero-order chi connectivity index (χ0) is 12.6. The van der Waals surface area contributed by atoms with Crippen LogP contribution in [-0.4, -0.2) is 23.5 Å². The third-order valence-corrected chi connectivity index (χ3v) is 2.96. The molecular formula is C13H28N2O. The zero-order valence-electron chi connectivity index (χ0n) is 11.6. The molecule has 0 saturated carbocycles. The van der Waals surface area contributed by atoms with E-state index in [1.807, 2.05) is 7.05 Å². The van der Waals surface area contributed by atoms with E-state index in [0.717, 1.165) is 25.7 Å². The van der Waals surface area contributed by atoms with E-state index in [0.29, 0.717) is 6.42 Å². The van der Waals surface area contributed by atoms with Gasteiger partial charge in [0, 0.05) is 13.5 Å². The standard InChI is InChI=1S/C13H28N2O/c1-6-8-10-12(16)15(14-5)13(3,4)11-9-7-2/h14H,6-11H2,1-5H3. The zero-order valence-corrected chi connectivity index (χ0v) is 11.6. The Morgan fingerprint density at radius 1 is 1.19 bits per heavy atom. The monoisotopic (exact) mass is 228 g/mol. The van der Waals surface area contributed by atoms with Gasteiger partial charge in [-0.3, -0.25) is 9.80 Å². The molecule has 0 rings (SSSR count). The Balaban J connectivity index is 4.38. The summed E-state index contributed by atoms with van der Waals surface area (Å²) in [7, 11) is 1.83. The minimum Gasteiger partial charge on any atom is -0.273 e. The minimum absolute atomic E-state index is 0.0877. The van der Waals surface area contributed by atoms with Crippen LogP contribution in [0, 0.1) is 0 Å². The number of hydrazine groups is 1. The van der Waals surface area contributed by atoms with E-state index in [1.165, 1.54) is 6.42 Å². The van der Waals surface area contributed by atoms with Crippen molar-refractivity contribution in [2.45, 2.75) is 71.8 Å². The van der Waals surface area contributed by atoms with Gasteiger partial charge in [-0.1, -0.05) is 33.1 Å². The molecular weight excluding hydrogens is 200 g/mol. The molecule has 0 aromatic rings. The first-order chi connectivity index (χ1) is 7.49. The summed E-state index contributed by atoms with van der Waals surface area (Å²) < 4.78 is 0. The van der Waals surface area contributed by atoms with Gasteiger partial charge in [0.15, 0.2) is 0 Å². The summed E-state index contributed by atoms with van der Waals surface area (Å²) in [5.74, 6) is 0.213. The Kier molecular flexibility index (Phi) is 7.39. The predicted molar refractivity (Wildman–Crippen MR) is 69.0 cm³/mol. The summed E-state index contributed by atoms with van der Waals surface area (Å²) in [5.41, 5.74) is 2.96. The molecule has 3 heteroatoms. The smallest absolute Gasteiger partial charge is 0.237 e. The molecule has 0 aliphatic carbocycles. The molecule has 0 saturated heterocycles. The molecule has 0 aromatic carbocycles. The molecule has 1 N–H and O–H groups in total. The summed E-state index contributed by atoms with van der Waals surface area (Å²) in [6.45, 7) is 8.55. The molecule has 0 aliphatic heterocycles. The van der Waals surface area contributed by atoms with E-state index in [4.69, 9.17) is 0 Å². The van der Waals surface area contributed by atoms with Gasteiger partial charge in [-0.2, -0.15) is 0 Å². The lowest BCUT2D eigenvalue weighted by molar-refractivity contribution is -0.141. The molecule has 0 spiro atoms. The average molecular weight is 228 g/mol. The van der Waals surface area contributed by atoms with Gasteiger partial charge in [0.05, 0.1) is 5.54 Å². The summed E-state index contributed by atoms with van der Waals surface area (Å²) in [5, 5.41) is 1.80. The molecule has 3 nitrogen and oxygen atoms in total. The Bertz CT molecular complexity index is 202. The number of hydrogen-bond donors (Lipinski definition) is 1. The number of carbonyl (C=O) groups excluding carboxylic acids is 1. The number of amides is 1. The number of hydrogen-bond acceptors (Lipinski definition) is 2.